The van der Waals surface area contributed by atoms with E-state index in [4.69, 9.17) is 15.2 Å². The van der Waals surface area contributed by atoms with Gasteiger partial charge in [0.25, 0.3) is 0 Å². The highest BCUT2D eigenvalue weighted by atomic mass is 16.6. The van der Waals surface area contributed by atoms with E-state index in [-0.39, 0.29) is 17.7 Å². The van der Waals surface area contributed by atoms with Gasteiger partial charge in [-0.15, -0.1) is 0 Å². The molecular formula is C15H27NO2. The fourth-order valence-electron chi connectivity index (χ4n) is 3.97. The van der Waals surface area contributed by atoms with Gasteiger partial charge in [0, 0.05) is 6.04 Å². The van der Waals surface area contributed by atoms with E-state index in [1.165, 1.54) is 51.4 Å². The third kappa shape index (κ3) is 2.73. The van der Waals surface area contributed by atoms with Gasteiger partial charge in [-0.25, -0.2) is 0 Å². The molecule has 0 radical (unpaired) electrons. The van der Waals surface area contributed by atoms with Crippen LogP contribution in [0.4, 0.5) is 0 Å². The Kier molecular flexibility index (Phi) is 3.92. The Morgan fingerprint density at radius 1 is 1.00 bits per heavy atom. The van der Waals surface area contributed by atoms with E-state index in [2.05, 4.69) is 0 Å². The van der Waals surface area contributed by atoms with Crippen LogP contribution >= 0.6 is 0 Å². The lowest BCUT2D eigenvalue weighted by Gasteiger charge is -2.33. The summed E-state index contributed by atoms with van der Waals surface area (Å²) in [6, 6.07) is 0.259. The molecule has 2 saturated carbocycles. The van der Waals surface area contributed by atoms with Crippen molar-refractivity contribution in [1.29, 1.82) is 0 Å². The van der Waals surface area contributed by atoms with Gasteiger partial charge >= 0.3 is 0 Å². The molecule has 1 spiro atoms. The molecule has 1 aliphatic heterocycles. The molecule has 0 bridgehead atoms. The average Bonchev–Trinajstić information content (AvgIpc) is 2.96. The highest BCUT2D eigenvalue weighted by Crippen LogP contribution is 2.42. The molecule has 1 saturated heterocycles. The van der Waals surface area contributed by atoms with Crippen LogP contribution in [0.15, 0.2) is 0 Å². The van der Waals surface area contributed by atoms with Crippen molar-refractivity contribution in [1.82, 2.24) is 0 Å². The van der Waals surface area contributed by atoms with Gasteiger partial charge in [-0.3, -0.25) is 0 Å². The van der Waals surface area contributed by atoms with Gasteiger partial charge in [-0.2, -0.15) is 0 Å². The average molecular weight is 253 g/mol. The van der Waals surface area contributed by atoms with Crippen molar-refractivity contribution in [2.45, 2.75) is 88.1 Å². The Balaban J connectivity index is 1.44. The van der Waals surface area contributed by atoms with Gasteiger partial charge in [-0.05, 0) is 44.9 Å². The summed E-state index contributed by atoms with van der Waals surface area (Å²) in [5, 5.41) is 0. The minimum Gasteiger partial charge on any atom is -0.374 e. The quantitative estimate of drug-likeness (QED) is 0.841. The van der Waals surface area contributed by atoms with Gasteiger partial charge in [-0.1, -0.05) is 19.3 Å². The molecule has 104 valence electrons. The van der Waals surface area contributed by atoms with Crippen molar-refractivity contribution < 1.29 is 9.47 Å². The second kappa shape index (κ2) is 5.48. The second-order valence-corrected chi connectivity index (χ2v) is 6.49. The summed E-state index contributed by atoms with van der Waals surface area (Å²) < 4.78 is 12.3. The van der Waals surface area contributed by atoms with Gasteiger partial charge in [0.15, 0.2) is 0 Å². The molecule has 3 rings (SSSR count). The predicted molar refractivity (Wildman–Crippen MR) is 71.5 cm³/mol. The highest BCUT2D eigenvalue weighted by molar-refractivity contribution is 4.91. The van der Waals surface area contributed by atoms with Gasteiger partial charge in [0.05, 0.1) is 24.4 Å². The Morgan fingerprint density at radius 3 is 2.56 bits per heavy atom. The third-order valence-electron chi connectivity index (χ3n) is 5.10. The molecule has 3 nitrogen and oxygen atoms in total. The van der Waals surface area contributed by atoms with Crippen molar-refractivity contribution in [3.8, 4) is 0 Å². The molecule has 3 atom stereocenters. The number of hydrogen-bond donors (Lipinski definition) is 1. The Hall–Kier alpha value is -0.120. The van der Waals surface area contributed by atoms with Gasteiger partial charge < -0.3 is 15.2 Å². The summed E-state index contributed by atoms with van der Waals surface area (Å²) in [5.74, 6) is 0. The van der Waals surface area contributed by atoms with Crippen LogP contribution in [0.2, 0.25) is 0 Å². The molecule has 3 unspecified atom stereocenters. The van der Waals surface area contributed by atoms with Crippen molar-refractivity contribution in [3.05, 3.63) is 0 Å². The van der Waals surface area contributed by atoms with Gasteiger partial charge in [0.1, 0.15) is 0 Å². The molecular weight excluding hydrogens is 226 g/mol. The molecule has 18 heavy (non-hydrogen) atoms. The lowest BCUT2D eigenvalue weighted by Crippen LogP contribution is -2.35. The largest absolute Gasteiger partial charge is 0.374 e. The zero-order valence-electron chi connectivity index (χ0n) is 11.4. The van der Waals surface area contributed by atoms with Crippen LogP contribution in [-0.4, -0.2) is 30.5 Å². The summed E-state index contributed by atoms with van der Waals surface area (Å²) >= 11 is 0. The Labute approximate surface area is 110 Å². The molecule has 0 aromatic rings. The molecule has 0 aromatic heterocycles. The zero-order chi connectivity index (χ0) is 12.4. The summed E-state index contributed by atoms with van der Waals surface area (Å²) in [6.07, 6.45) is 13.2. The van der Waals surface area contributed by atoms with Crippen molar-refractivity contribution in [2.24, 2.45) is 5.73 Å². The molecule has 3 heteroatoms. The minimum atomic E-state index is 0.226. The number of ether oxygens (including phenoxy) is 2. The van der Waals surface area contributed by atoms with Crippen LogP contribution in [0.5, 0.6) is 0 Å². The number of hydrogen-bond acceptors (Lipinski definition) is 3. The van der Waals surface area contributed by atoms with Gasteiger partial charge in [0.2, 0.25) is 0 Å². The van der Waals surface area contributed by atoms with Crippen molar-refractivity contribution >= 4 is 0 Å². The topological polar surface area (TPSA) is 44.5 Å². The lowest BCUT2D eigenvalue weighted by atomic mass is 9.83. The molecule has 2 N–H and O–H groups in total. The van der Waals surface area contributed by atoms with E-state index in [1.54, 1.807) is 0 Å². The van der Waals surface area contributed by atoms with E-state index in [9.17, 15) is 0 Å². The summed E-state index contributed by atoms with van der Waals surface area (Å²) in [7, 11) is 0. The molecule has 3 aliphatic rings. The fourth-order valence-corrected chi connectivity index (χ4v) is 3.97. The van der Waals surface area contributed by atoms with E-state index in [1.807, 2.05) is 0 Å². The first-order valence-corrected chi connectivity index (χ1v) is 7.82. The third-order valence-corrected chi connectivity index (χ3v) is 5.10. The first kappa shape index (κ1) is 12.9. The maximum absolute atomic E-state index is 6.32. The highest BCUT2D eigenvalue weighted by Gasteiger charge is 2.41. The van der Waals surface area contributed by atoms with Crippen LogP contribution in [0.1, 0.15) is 64.2 Å². The summed E-state index contributed by atoms with van der Waals surface area (Å²) in [4.78, 5) is 0. The van der Waals surface area contributed by atoms with E-state index >= 15 is 0 Å². The standard InChI is InChI=1S/C15H27NO2/c16-13-5-4-6-14(13)17-11-12-7-10-15(18-12)8-2-1-3-9-15/h12-14H,1-11,16H2. The first-order chi connectivity index (χ1) is 8.77. The second-order valence-electron chi connectivity index (χ2n) is 6.49. The first-order valence-electron chi connectivity index (χ1n) is 7.82. The SMILES string of the molecule is NC1CCCC1OCC1CCC2(CCCCC2)O1. The van der Waals surface area contributed by atoms with E-state index in [0.717, 1.165) is 19.4 Å². The maximum atomic E-state index is 6.32. The fraction of sp³-hybridized carbons (Fsp3) is 1.00. The van der Waals surface area contributed by atoms with Crippen LogP contribution in [0.3, 0.4) is 0 Å². The Bertz CT molecular complexity index is 276. The molecule has 0 amide bonds. The predicted octanol–water partition coefficient (Wildman–Crippen LogP) is 2.76. The number of rotatable bonds is 3. The molecule has 1 heterocycles. The normalized spacial score (nSPS) is 39.5. The van der Waals surface area contributed by atoms with E-state index < -0.39 is 0 Å². The summed E-state index contributed by atoms with van der Waals surface area (Å²) in [6.45, 7) is 0.764. The van der Waals surface area contributed by atoms with Crippen LogP contribution in [0.25, 0.3) is 0 Å². The summed E-state index contributed by atoms with van der Waals surface area (Å²) in [5.41, 5.74) is 6.26. The van der Waals surface area contributed by atoms with Crippen LogP contribution in [-0.2, 0) is 9.47 Å². The zero-order valence-corrected chi connectivity index (χ0v) is 11.4. The minimum absolute atomic E-state index is 0.226. The smallest absolute Gasteiger partial charge is 0.0817 e. The maximum Gasteiger partial charge on any atom is 0.0817 e. The molecule has 2 aliphatic carbocycles. The van der Waals surface area contributed by atoms with Crippen LogP contribution in [0, 0.1) is 0 Å². The van der Waals surface area contributed by atoms with Crippen molar-refractivity contribution in [2.75, 3.05) is 6.61 Å². The molecule has 3 fully saturated rings. The lowest BCUT2D eigenvalue weighted by molar-refractivity contribution is -0.0988. The number of nitrogens with two attached hydrogens (primary N) is 1. The van der Waals surface area contributed by atoms with Crippen molar-refractivity contribution in [3.63, 3.8) is 0 Å². The molecule has 0 aromatic carbocycles. The Morgan fingerprint density at radius 2 is 1.83 bits per heavy atom. The van der Waals surface area contributed by atoms with Crippen LogP contribution < -0.4 is 5.73 Å². The monoisotopic (exact) mass is 253 g/mol. The van der Waals surface area contributed by atoms with E-state index in [0.29, 0.717) is 6.10 Å².